The minimum absolute atomic E-state index is 0.239. The standard InChI is InChI=1S/C13H14O2/c1-3-15-13(14)11-6-4-5-10-8-7-9(2)12(10)11/h4-6H,2-3,7-8H2,1H3. The smallest absolute Gasteiger partial charge is 0.338 e. The summed E-state index contributed by atoms with van der Waals surface area (Å²) >= 11 is 0. The van der Waals surface area contributed by atoms with Crippen molar-refractivity contribution in [2.24, 2.45) is 0 Å². The number of esters is 1. The number of allylic oxidation sites excluding steroid dienone is 1. The fourth-order valence-corrected chi connectivity index (χ4v) is 2.02. The average Bonchev–Trinajstić information content (AvgIpc) is 2.61. The van der Waals surface area contributed by atoms with E-state index in [0.717, 1.165) is 24.0 Å². The van der Waals surface area contributed by atoms with Gasteiger partial charge in [-0.15, -0.1) is 0 Å². The Balaban J connectivity index is 2.45. The third-order valence-corrected chi connectivity index (χ3v) is 2.70. The molecule has 0 saturated heterocycles. The van der Waals surface area contributed by atoms with Crippen molar-refractivity contribution in [2.45, 2.75) is 19.8 Å². The predicted octanol–water partition coefficient (Wildman–Crippen LogP) is 2.82. The molecule has 0 radical (unpaired) electrons. The van der Waals surface area contributed by atoms with Gasteiger partial charge in [-0.2, -0.15) is 0 Å². The van der Waals surface area contributed by atoms with E-state index >= 15 is 0 Å². The molecule has 0 unspecified atom stereocenters. The Kier molecular flexibility index (Phi) is 2.58. The van der Waals surface area contributed by atoms with Gasteiger partial charge in [-0.3, -0.25) is 0 Å². The second-order valence-electron chi connectivity index (χ2n) is 3.66. The Morgan fingerprint density at radius 2 is 2.27 bits per heavy atom. The van der Waals surface area contributed by atoms with Gasteiger partial charge in [0.1, 0.15) is 0 Å². The van der Waals surface area contributed by atoms with Gasteiger partial charge >= 0.3 is 5.97 Å². The molecule has 0 amide bonds. The van der Waals surface area contributed by atoms with Crippen LogP contribution in [0.1, 0.15) is 34.8 Å². The highest BCUT2D eigenvalue weighted by atomic mass is 16.5. The summed E-state index contributed by atoms with van der Waals surface area (Å²) in [6.07, 6.45) is 1.94. The van der Waals surface area contributed by atoms with Gasteiger partial charge in [0.2, 0.25) is 0 Å². The van der Waals surface area contributed by atoms with Crippen LogP contribution in [-0.4, -0.2) is 12.6 Å². The summed E-state index contributed by atoms with van der Waals surface area (Å²) in [5, 5.41) is 0. The van der Waals surface area contributed by atoms with E-state index in [9.17, 15) is 4.79 Å². The van der Waals surface area contributed by atoms with Gasteiger partial charge in [0, 0.05) is 0 Å². The Morgan fingerprint density at radius 3 is 3.00 bits per heavy atom. The molecule has 0 fully saturated rings. The fraction of sp³-hybridized carbons (Fsp3) is 0.308. The molecule has 15 heavy (non-hydrogen) atoms. The maximum atomic E-state index is 11.7. The highest BCUT2D eigenvalue weighted by Crippen LogP contribution is 2.33. The molecule has 2 nitrogen and oxygen atoms in total. The van der Waals surface area contributed by atoms with Crippen molar-refractivity contribution in [1.82, 2.24) is 0 Å². The van der Waals surface area contributed by atoms with Gasteiger partial charge in [0.15, 0.2) is 0 Å². The van der Waals surface area contributed by atoms with E-state index in [1.807, 2.05) is 19.1 Å². The highest BCUT2D eigenvalue weighted by molar-refractivity contribution is 5.96. The molecule has 0 heterocycles. The minimum Gasteiger partial charge on any atom is -0.462 e. The van der Waals surface area contributed by atoms with Crippen LogP contribution in [0.4, 0.5) is 0 Å². The number of fused-ring (bicyclic) bond motifs is 1. The van der Waals surface area contributed by atoms with Crippen LogP contribution in [0.3, 0.4) is 0 Å². The number of ether oxygens (including phenoxy) is 1. The monoisotopic (exact) mass is 202 g/mol. The first-order chi connectivity index (χ1) is 7.24. The SMILES string of the molecule is C=C1CCc2cccc(C(=O)OCC)c21. The molecule has 1 aromatic rings. The number of carbonyl (C=O) groups is 1. The van der Waals surface area contributed by atoms with E-state index in [4.69, 9.17) is 4.74 Å². The van der Waals surface area contributed by atoms with Gasteiger partial charge in [-0.05, 0) is 42.5 Å². The molecule has 0 aliphatic heterocycles. The third-order valence-electron chi connectivity index (χ3n) is 2.70. The summed E-state index contributed by atoms with van der Waals surface area (Å²) in [4.78, 5) is 11.7. The molecule has 1 aliphatic rings. The van der Waals surface area contributed by atoms with Crippen LogP contribution in [0, 0.1) is 0 Å². The molecular formula is C13H14O2. The number of rotatable bonds is 2. The van der Waals surface area contributed by atoms with Crippen molar-refractivity contribution in [2.75, 3.05) is 6.61 Å². The van der Waals surface area contributed by atoms with Crippen molar-refractivity contribution >= 4 is 11.5 Å². The van der Waals surface area contributed by atoms with Crippen LogP contribution >= 0.6 is 0 Å². The molecule has 0 spiro atoms. The second-order valence-corrected chi connectivity index (χ2v) is 3.66. The van der Waals surface area contributed by atoms with Crippen molar-refractivity contribution in [3.63, 3.8) is 0 Å². The van der Waals surface area contributed by atoms with E-state index in [2.05, 4.69) is 12.6 Å². The highest BCUT2D eigenvalue weighted by Gasteiger charge is 2.21. The van der Waals surface area contributed by atoms with Crippen molar-refractivity contribution < 1.29 is 9.53 Å². The largest absolute Gasteiger partial charge is 0.462 e. The molecule has 78 valence electrons. The van der Waals surface area contributed by atoms with E-state index in [0.29, 0.717) is 12.2 Å². The molecule has 1 aliphatic carbocycles. The minimum atomic E-state index is -0.239. The van der Waals surface area contributed by atoms with Crippen molar-refractivity contribution in [3.05, 3.63) is 41.5 Å². The first-order valence-electron chi connectivity index (χ1n) is 5.21. The fourth-order valence-electron chi connectivity index (χ4n) is 2.02. The Bertz CT molecular complexity index is 419. The van der Waals surface area contributed by atoms with Crippen LogP contribution in [0.5, 0.6) is 0 Å². The van der Waals surface area contributed by atoms with E-state index in [1.54, 1.807) is 0 Å². The van der Waals surface area contributed by atoms with E-state index in [1.165, 1.54) is 5.56 Å². The number of hydrogen-bond donors (Lipinski definition) is 0. The summed E-state index contributed by atoms with van der Waals surface area (Å²) in [5.74, 6) is -0.239. The molecule has 2 rings (SSSR count). The van der Waals surface area contributed by atoms with Crippen LogP contribution in [0.15, 0.2) is 24.8 Å². The molecule has 0 N–H and O–H groups in total. The van der Waals surface area contributed by atoms with Gasteiger partial charge < -0.3 is 4.74 Å². The molecular weight excluding hydrogens is 188 g/mol. The van der Waals surface area contributed by atoms with E-state index in [-0.39, 0.29) is 5.97 Å². The van der Waals surface area contributed by atoms with Gasteiger partial charge in [-0.1, -0.05) is 18.7 Å². The molecule has 0 atom stereocenters. The van der Waals surface area contributed by atoms with Gasteiger partial charge in [0.05, 0.1) is 12.2 Å². The topological polar surface area (TPSA) is 26.3 Å². The van der Waals surface area contributed by atoms with Gasteiger partial charge in [-0.25, -0.2) is 4.79 Å². The van der Waals surface area contributed by atoms with Gasteiger partial charge in [0.25, 0.3) is 0 Å². The summed E-state index contributed by atoms with van der Waals surface area (Å²) in [6, 6.07) is 5.77. The van der Waals surface area contributed by atoms with Crippen LogP contribution in [0.25, 0.3) is 5.57 Å². The van der Waals surface area contributed by atoms with Crippen molar-refractivity contribution in [3.8, 4) is 0 Å². The van der Waals surface area contributed by atoms with Crippen LogP contribution < -0.4 is 0 Å². The first kappa shape index (κ1) is 9.97. The summed E-state index contributed by atoms with van der Waals surface area (Å²) in [6.45, 7) is 6.22. The third kappa shape index (κ3) is 1.67. The number of benzene rings is 1. The molecule has 0 bridgehead atoms. The molecule has 1 aromatic carbocycles. The lowest BCUT2D eigenvalue weighted by Crippen LogP contribution is -2.07. The number of carbonyl (C=O) groups excluding carboxylic acids is 1. The van der Waals surface area contributed by atoms with Crippen molar-refractivity contribution in [1.29, 1.82) is 0 Å². The normalized spacial score (nSPS) is 13.8. The van der Waals surface area contributed by atoms with Crippen LogP contribution in [-0.2, 0) is 11.2 Å². The zero-order valence-electron chi connectivity index (χ0n) is 8.88. The second kappa shape index (κ2) is 3.89. The summed E-state index contributed by atoms with van der Waals surface area (Å²) in [5.41, 5.74) is 3.94. The zero-order valence-corrected chi connectivity index (χ0v) is 8.88. The molecule has 2 heteroatoms. The number of aryl methyl sites for hydroxylation is 1. The Hall–Kier alpha value is -1.57. The Morgan fingerprint density at radius 1 is 1.47 bits per heavy atom. The average molecular weight is 202 g/mol. The quantitative estimate of drug-likeness (QED) is 0.689. The van der Waals surface area contributed by atoms with E-state index < -0.39 is 0 Å². The van der Waals surface area contributed by atoms with Crippen LogP contribution in [0.2, 0.25) is 0 Å². The zero-order chi connectivity index (χ0) is 10.8. The number of hydrogen-bond acceptors (Lipinski definition) is 2. The lowest BCUT2D eigenvalue weighted by Gasteiger charge is -2.07. The first-order valence-corrected chi connectivity index (χ1v) is 5.21. The summed E-state index contributed by atoms with van der Waals surface area (Å²) in [7, 11) is 0. The Labute approximate surface area is 89.6 Å². The molecule has 0 saturated carbocycles. The maximum absolute atomic E-state index is 11.7. The predicted molar refractivity (Wildman–Crippen MR) is 59.8 cm³/mol. The lowest BCUT2D eigenvalue weighted by molar-refractivity contribution is 0.0526. The molecule has 0 aromatic heterocycles. The maximum Gasteiger partial charge on any atom is 0.338 e. The summed E-state index contributed by atoms with van der Waals surface area (Å²) < 4.78 is 5.02. The lowest BCUT2D eigenvalue weighted by atomic mass is 10.0.